The van der Waals surface area contributed by atoms with Gasteiger partial charge in [0.1, 0.15) is 5.69 Å². The Kier molecular flexibility index (Phi) is 3.33. The van der Waals surface area contributed by atoms with Crippen molar-refractivity contribution in [3.05, 3.63) is 28.2 Å². The van der Waals surface area contributed by atoms with E-state index in [1.165, 1.54) is 12.1 Å². The normalized spacial score (nSPS) is 22.4. The summed E-state index contributed by atoms with van der Waals surface area (Å²) >= 11 is 0. The molecule has 1 atom stereocenters. The zero-order valence-electron chi connectivity index (χ0n) is 10.7. The maximum atomic E-state index is 12.4. The lowest BCUT2D eigenvalue weighted by Crippen LogP contribution is -2.38. The number of hydrogen-bond donors (Lipinski definition) is 1. The lowest BCUT2D eigenvalue weighted by atomic mass is 10.1. The summed E-state index contributed by atoms with van der Waals surface area (Å²) in [6, 6.07) is 3.16. The van der Waals surface area contributed by atoms with Crippen LogP contribution in [0.5, 0.6) is 0 Å². The van der Waals surface area contributed by atoms with Crippen LogP contribution in [-0.4, -0.2) is 46.8 Å². The molecule has 102 valence electrons. The van der Waals surface area contributed by atoms with Crippen molar-refractivity contribution >= 4 is 5.91 Å². The molecule has 2 heterocycles. The van der Waals surface area contributed by atoms with Gasteiger partial charge in [0.2, 0.25) is 0 Å². The van der Waals surface area contributed by atoms with E-state index in [1.807, 2.05) is 4.90 Å². The highest BCUT2D eigenvalue weighted by Crippen LogP contribution is 2.29. The van der Waals surface area contributed by atoms with Crippen LogP contribution in [0.3, 0.4) is 0 Å². The minimum Gasteiger partial charge on any atom is -0.381 e. The number of hydrogen-bond acceptors (Lipinski definition) is 4. The molecule has 0 unspecified atom stereocenters. The van der Waals surface area contributed by atoms with Crippen LogP contribution >= 0.6 is 0 Å². The molecule has 0 bridgehead atoms. The number of ether oxygens (including phenoxy) is 1. The van der Waals surface area contributed by atoms with Crippen LogP contribution in [0.4, 0.5) is 0 Å². The molecule has 6 heteroatoms. The van der Waals surface area contributed by atoms with Gasteiger partial charge >= 0.3 is 0 Å². The van der Waals surface area contributed by atoms with Gasteiger partial charge in [0.15, 0.2) is 0 Å². The molecular weight excluding hydrogens is 246 g/mol. The van der Waals surface area contributed by atoms with Gasteiger partial charge in [0, 0.05) is 31.2 Å². The molecule has 3 rings (SSSR count). The van der Waals surface area contributed by atoms with Gasteiger partial charge in [0.25, 0.3) is 11.5 Å². The fourth-order valence-electron chi connectivity index (χ4n) is 2.40. The minimum absolute atomic E-state index is 0.0920. The van der Waals surface area contributed by atoms with Crippen molar-refractivity contribution < 1.29 is 9.53 Å². The number of carbonyl (C=O) groups is 1. The number of carbonyl (C=O) groups excluding carboxylic acids is 1. The zero-order chi connectivity index (χ0) is 13.2. The molecule has 0 spiro atoms. The van der Waals surface area contributed by atoms with Gasteiger partial charge in [-0.05, 0) is 25.3 Å². The Hall–Kier alpha value is -1.69. The summed E-state index contributed by atoms with van der Waals surface area (Å²) in [4.78, 5) is 25.3. The Morgan fingerprint density at radius 2 is 2.26 bits per heavy atom. The molecule has 1 N–H and O–H groups in total. The second-order valence-corrected chi connectivity index (χ2v) is 5.22. The molecule has 6 nitrogen and oxygen atoms in total. The molecule has 1 aromatic rings. The average Bonchev–Trinajstić information content (AvgIpc) is 3.13. The quantitative estimate of drug-likeness (QED) is 0.853. The topological polar surface area (TPSA) is 75.3 Å². The maximum Gasteiger partial charge on any atom is 0.274 e. The van der Waals surface area contributed by atoms with Crippen LogP contribution in [0.25, 0.3) is 0 Å². The van der Waals surface area contributed by atoms with Gasteiger partial charge < -0.3 is 9.64 Å². The van der Waals surface area contributed by atoms with Gasteiger partial charge in [-0.25, -0.2) is 5.10 Å². The van der Waals surface area contributed by atoms with Crippen molar-refractivity contribution in [1.29, 1.82) is 0 Å². The van der Waals surface area contributed by atoms with Crippen LogP contribution in [0, 0.1) is 5.92 Å². The number of nitrogens with zero attached hydrogens (tertiary/aromatic N) is 2. The first-order valence-corrected chi connectivity index (χ1v) is 6.68. The second kappa shape index (κ2) is 5.13. The van der Waals surface area contributed by atoms with Gasteiger partial charge in [0.05, 0.1) is 6.61 Å². The van der Waals surface area contributed by atoms with Crippen molar-refractivity contribution in [2.75, 3.05) is 19.8 Å². The Morgan fingerprint density at radius 1 is 1.42 bits per heavy atom. The van der Waals surface area contributed by atoms with E-state index >= 15 is 0 Å². The summed E-state index contributed by atoms with van der Waals surface area (Å²) in [7, 11) is 0. The van der Waals surface area contributed by atoms with Gasteiger partial charge in [-0.3, -0.25) is 9.59 Å². The fraction of sp³-hybridized carbons (Fsp3) is 0.615. The third-order valence-corrected chi connectivity index (χ3v) is 3.63. The molecule has 2 fully saturated rings. The molecule has 19 heavy (non-hydrogen) atoms. The molecular formula is C13H17N3O3. The summed E-state index contributed by atoms with van der Waals surface area (Å²) in [5, 5.41) is 6.13. The Labute approximate surface area is 110 Å². The third-order valence-electron chi connectivity index (χ3n) is 3.63. The van der Waals surface area contributed by atoms with Crippen LogP contribution in [0.1, 0.15) is 29.8 Å². The maximum absolute atomic E-state index is 12.4. The number of amides is 1. The monoisotopic (exact) mass is 263 g/mol. The molecule has 1 saturated carbocycles. The first-order valence-electron chi connectivity index (χ1n) is 6.68. The lowest BCUT2D eigenvalue weighted by molar-refractivity contribution is 0.0699. The number of nitrogens with one attached hydrogen (secondary N) is 1. The molecule has 1 aromatic heterocycles. The standard InChI is InChI=1S/C13H17N3O3/c17-12-4-3-11(14-15-12)13(18)16(10-1-2-10)7-9-5-6-19-8-9/h3-4,9-10H,1-2,5-8H2,(H,15,17)/t9-/m1/s1. The van der Waals surface area contributed by atoms with Crippen LogP contribution in [0.2, 0.25) is 0 Å². The smallest absolute Gasteiger partial charge is 0.274 e. The summed E-state index contributed by atoms with van der Waals surface area (Å²) in [6.45, 7) is 2.24. The van der Waals surface area contributed by atoms with Crippen molar-refractivity contribution in [3.63, 3.8) is 0 Å². The first-order chi connectivity index (χ1) is 9.24. The zero-order valence-corrected chi connectivity index (χ0v) is 10.7. The second-order valence-electron chi connectivity index (χ2n) is 5.22. The largest absolute Gasteiger partial charge is 0.381 e. The Bertz CT molecular complexity index is 498. The molecule has 0 aromatic carbocycles. The van der Waals surface area contributed by atoms with Crippen LogP contribution in [-0.2, 0) is 4.74 Å². The first kappa shape index (κ1) is 12.3. The molecule has 1 aliphatic carbocycles. The molecule has 1 saturated heterocycles. The Balaban J connectivity index is 1.73. The minimum atomic E-state index is -0.293. The van der Waals surface area contributed by atoms with Crippen molar-refractivity contribution in [2.24, 2.45) is 5.92 Å². The van der Waals surface area contributed by atoms with Gasteiger partial charge in [-0.15, -0.1) is 0 Å². The third kappa shape index (κ3) is 2.84. The van der Waals surface area contributed by atoms with Crippen molar-refractivity contribution in [2.45, 2.75) is 25.3 Å². The van der Waals surface area contributed by atoms with Crippen LogP contribution < -0.4 is 5.56 Å². The predicted octanol–water partition coefficient (Wildman–Crippen LogP) is 0.411. The summed E-state index contributed by atoms with van der Waals surface area (Å²) in [5.41, 5.74) is 0.0177. The highest BCUT2D eigenvalue weighted by Gasteiger charge is 2.35. The summed E-state index contributed by atoms with van der Waals surface area (Å²) < 4.78 is 5.36. The lowest BCUT2D eigenvalue weighted by Gasteiger charge is -2.24. The van der Waals surface area contributed by atoms with Crippen molar-refractivity contribution in [3.8, 4) is 0 Å². The molecule has 0 radical (unpaired) electrons. The van der Waals surface area contributed by atoms with E-state index in [4.69, 9.17) is 4.74 Å². The van der Waals surface area contributed by atoms with E-state index in [2.05, 4.69) is 10.2 Å². The van der Waals surface area contributed by atoms with E-state index < -0.39 is 0 Å². The SMILES string of the molecule is O=C(c1ccc(=O)[nH]n1)N(C[C@H]1CCOC1)C1CC1. The summed E-state index contributed by atoms with van der Waals surface area (Å²) in [5.74, 6) is 0.331. The van der Waals surface area contributed by atoms with E-state index in [1.54, 1.807) is 0 Å². The number of rotatable bonds is 4. The number of aromatic amines is 1. The molecule has 2 aliphatic rings. The highest BCUT2D eigenvalue weighted by atomic mass is 16.5. The van der Waals surface area contributed by atoms with E-state index in [0.29, 0.717) is 17.7 Å². The number of aromatic nitrogens is 2. The summed E-state index contributed by atoms with van der Waals surface area (Å²) in [6.07, 6.45) is 3.13. The highest BCUT2D eigenvalue weighted by molar-refractivity contribution is 5.92. The number of H-pyrrole nitrogens is 1. The van der Waals surface area contributed by atoms with E-state index in [0.717, 1.165) is 39.0 Å². The Morgan fingerprint density at radius 3 is 2.84 bits per heavy atom. The average molecular weight is 263 g/mol. The van der Waals surface area contributed by atoms with E-state index in [-0.39, 0.29) is 11.5 Å². The predicted molar refractivity (Wildman–Crippen MR) is 67.8 cm³/mol. The van der Waals surface area contributed by atoms with E-state index in [9.17, 15) is 9.59 Å². The fourth-order valence-corrected chi connectivity index (χ4v) is 2.40. The van der Waals surface area contributed by atoms with Gasteiger partial charge in [-0.1, -0.05) is 0 Å². The van der Waals surface area contributed by atoms with Gasteiger partial charge in [-0.2, -0.15) is 5.10 Å². The molecule has 1 aliphatic heterocycles. The molecule has 1 amide bonds. The van der Waals surface area contributed by atoms with Crippen molar-refractivity contribution in [1.82, 2.24) is 15.1 Å². The van der Waals surface area contributed by atoms with Crippen LogP contribution in [0.15, 0.2) is 16.9 Å².